The van der Waals surface area contributed by atoms with Crippen LogP contribution in [-0.4, -0.2) is 14.8 Å². The molecular weight excluding hydrogens is 259 g/mol. The van der Waals surface area contributed by atoms with Gasteiger partial charge < -0.3 is 5.73 Å². The fourth-order valence-corrected chi connectivity index (χ4v) is 2.89. The fraction of sp³-hybridized carbons (Fsp3) is 0.429. The third kappa shape index (κ3) is 2.06. The second-order valence-corrected chi connectivity index (χ2v) is 5.36. The molecule has 0 saturated heterocycles. The fourth-order valence-electron chi connectivity index (χ4n) is 2.89. The molecule has 1 heterocycles. The lowest BCUT2D eigenvalue weighted by Crippen LogP contribution is -2.42. The standard InChI is InChI=1S/C14H17FN4O/c15-10-6-2-3-7-11(10)19-12(17-18-13(19)20)14(16)8-4-1-5-9-14/h2-3,6-7H,1,4-5,8-9,16H2,(H,18,20). The number of H-pyrrole nitrogens is 1. The minimum absolute atomic E-state index is 0.191. The minimum atomic E-state index is -0.667. The zero-order chi connectivity index (χ0) is 14.2. The molecule has 0 amide bonds. The summed E-state index contributed by atoms with van der Waals surface area (Å²) in [7, 11) is 0. The molecule has 1 aliphatic rings. The number of hydrogen-bond acceptors (Lipinski definition) is 3. The molecule has 3 N–H and O–H groups in total. The third-order valence-electron chi connectivity index (χ3n) is 3.96. The molecule has 2 aromatic rings. The van der Waals surface area contributed by atoms with Crippen LogP contribution in [0.5, 0.6) is 0 Å². The lowest BCUT2D eigenvalue weighted by Gasteiger charge is -2.32. The summed E-state index contributed by atoms with van der Waals surface area (Å²) in [6, 6.07) is 6.15. The Morgan fingerprint density at radius 3 is 2.65 bits per heavy atom. The van der Waals surface area contributed by atoms with Crippen LogP contribution < -0.4 is 11.4 Å². The Bertz CT molecular complexity index is 670. The molecule has 6 heteroatoms. The lowest BCUT2D eigenvalue weighted by atomic mass is 9.82. The van der Waals surface area contributed by atoms with Crippen LogP contribution in [0.15, 0.2) is 29.1 Å². The van der Waals surface area contributed by atoms with Crippen LogP contribution >= 0.6 is 0 Å². The van der Waals surface area contributed by atoms with Gasteiger partial charge in [-0.05, 0) is 25.0 Å². The quantitative estimate of drug-likeness (QED) is 0.878. The van der Waals surface area contributed by atoms with Gasteiger partial charge >= 0.3 is 5.69 Å². The molecule has 1 saturated carbocycles. The number of halogens is 1. The average molecular weight is 276 g/mol. The molecular formula is C14H17FN4O. The number of para-hydroxylation sites is 1. The normalized spacial score (nSPS) is 18.1. The van der Waals surface area contributed by atoms with E-state index in [4.69, 9.17) is 5.73 Å². The van der Waals surface area contributed by atoms with Crippen molar-refractivity contribution in [3.05, 3.63) is 46.4 Å². The summed E-state index contributed by atoms with van der Waals surface area (Å²) < 4.78 is 15.2. The van der Waals surface area contributed by atoms with Crippen LogP contribution in [0.1, 0.15) is 37.9 Å². The van der Waals surface area contributed by atoms with Gasteiger partial charge in [0.1, 0.15) is 5.82 Å². The number of hydrogen-bond donors (Lipinski definition) is 2. The third-order valence-corrected chi connectivity index (χ3v) is 3.96. The highest BCUT2D eigenvalue weighted by Crippen LogP contribution is 2.34. The molecule has 0 spiro atoms. The zero-order valence-electron chi connectivity index (χ0n) is 11.1. The number of aromatic nitrogens is 3. The molecule has 3 rings (SSSR count). The smallest absolute Gasteiger partial charge is 0.319 e. The van der Waals surface area contributed by atoms with E-state index in [1.54, 1.807) is 18.2 Å². The van der Waals surface area contributed by atoms with Crippen LogP contribution in [0.2, 0.25) is 0 Å². The summed E-state index contributed by atoms with van der Waals surface area (Å²) in [4.78, 5) is 12.0. The number of nitrogens with one attached hydrogen (secondary N) is 1. The summed E-state index contributed by atoms with van der Waals surface area (Å²) in [5.74, 6) is -0.0380. The number of nitrogens with zero attached hydrogens (tertiary/aromatic N) is 2. The van der Waals surface area contributed by atoms with Gasteiger partial charge in [-0.2, -0.15) is 5.10 Å². The van der Waals surface area contributed by atoms with E-state index in [2.05, 4.69) is 10.2 Å². The first kappa shape index (κ1) is 13.1. The summed E-state index contributed by atoms with van der Waals surface area (Å²) in [6.45, 7) is 0. The van der Waals surface area contributed by atoms with Crippen LogP contribution in [0.4, 0.5) is 4.39 Å². The SMILES string of the molecule is NC1(c2n[nH]c(=O)n2-c2ccccc2F)CCCCC1. The van der Waals surface area contributed by atoms with E-state index in [9.17, 15) is 9.18 Å². The Morgan fingerprint density at radius 2 is 1.95 bits per heavy atom. The molecule has 5 nitrogen and oxygen atoms in total. The van der Waals surface area contributed by atoms with Crippen molar-refractivity contribution in [2.24, 2.45) is 5.73 Å². The second kappa shape index (κ2) is 4.86. The van der Waals surface area contributed by atoms with Gasteiger partial charge in [-0.1, -0.05) is 31.4 Å². The van der Waals surface area contributed by atoms with E-state index < -0.39 is 17.0 Å². The predicted octanol–water partition coefficient (Wildman–Crippen LogP) is 1.82. The highest BCUT2D eigenvalue weighted by Gasteiger charge is 2.35. The van der Waals surface area contributed by atoms with E-state index in [0.717, 1.165) is 32.1 Å². The van der Waals surface area contributed by atoms with Crippen molar-refractivity contribution in [2.45, 2.75) is 37.6 Å². The highest BCUT2D eigenvalue weighted by molar-refractivity contribution is 5.35. The van der Waals surface area contributed by atoms with Gasteiger partial charge in [-0.15, -0.1) is 0 Å². The first-order valence-corrected chi connectivity index (χ1v) is 6.83. The summed E-state index contributed by atoms with van der Waals surface area (Å²) in [5.41, 5.74) is 5.48. The molecule has 1 aromatic heterocycles. The molecule has 1 aromatic carbocycles. The minimum Gasteiger partial charge on any atom is -0.319 e. The van der Waals surface area contributed by atoms with E-state index in [-0.39, 0.29) is 5.69 Å². The van der Waals surface area contributed by atoms with Gasteiger partial charge in [0, 0.05) is 0 Å². The summed E-state index contributed by atoms with van der Waals surface area (Å²) in [5, 5.41) is 6.46. The van der Waals surface area contributed by atoms with Gasteiger partial charge in [0.05, 0.1) is 11.2 Å². The van der Waals surface area contributed by atoms with Gasteiger partial charge in [0.15, 0.2) is 5.82 Å². The molecule has 20 heavy (non-hydrogen) atoms. The second-order valence-electron chi connectivity index (χ2n) is 5.36. The lowest BCUT2D eigenvalue weighted by molar-refractivity contribution is 0.282. The van der Waals surface area contributed by atoms with Gasteiger partial charge in [0.2, 0.25) is 0 Å². The van der Waals surface area contributed by atoms with E-state index >= 15 is 0 Å². The number of nitrogens with two attached hydrogens (primary N) is 1. The molecule has 0 bridgehead atoms. The van der Waals surface area contributed by atoms with E-state index in [1.165, 1.54) is 10.6 Å². The summed E-state index contributed by atoms with van der Waals surface area (Å²) >= 11 is 0. The van der Waals surface area contributed by atoms with Crippen molar-refractivity contribution in [3.63, 3.8) is 0 Å². The maximum absolute atomic E-state index is 14.0. The predicted molar refractivity (Wildman–Crippen MR) is 73.1 cm³/mol. The first-order valence-electron chi connectivity index (χ1n) is 6.83. The Balaban J connectivity index is 2.15. The topological polar surface area (TPSA) is 76.7 Å². The maximum atomic E-state index is 14.0. The molecule has 0 unspecified atom stereocenters. The Kier molecular flexibility index (Phi) is 3.17. The molecule has 0 atom stereocenters. The van der Waals surface area contributed by atoms with Gasteiger partial charge in [-0.3, -0.25) is 0 Å². The summed E-state index contributed by atoms with van der Waals surface area (Å²) in [6.07, 6.45) is 4.63. The van der Waals surface area contributed by atoms with Crippen molar-refractivity contribution >= 4 is 0 Å². The highest BCUT2D eigenvalue weighted by atomic mass is 19.1. The monoisotopic (exact) mass is 276 g/mol. The molecule has 1 fully saturated rings. The number of rotatable bonds is 2. The Morgan fingerprint density at radius 1 is 1.25 bits per heavy atom. The number of benzene rings is 1. The largest absolute Gasteiger partial charge is 0.348 e. The van der Waals surface area contributed by atoms with Crippen molar-refractivity contribution in [2.75, 3.05) is 0 Å². The van der Waals surface area contributed by atoms with Crippen LogP contribution in [0, 0.1) is 5.82 Å². The zero-order valence-corrected chi connectivity index (χ0v) is 11.1. The molecule has 0 aliphatic heterocycles. The van der Waals surface area contributed by atoms with Gasteiger partial charge in [-0.25, -0.2) is 18.9 Å². The molecule has 106 valence electrons. The van der Waals surface area contributed by atoms with Crippen LogP contribution in [0.3, 0.4) is 0 Å². The van der Waals surface area contributed by atoms with Crippen molar-refractivity contribution in [1.82, 2.24) is 14.8 Å². The van der Waals surface area contributed by atoms with Crippen molar-refractivity contribution < 1.29 is 4.39 Å². The molecule has 0 radical (unpaired) electrons. The average Bonchev–Trinajstić information content (AvgIpc) is 2.83. The van der Waals surface area contributed by atoms with Crippen LogP contribution in [0.25, 0.3) is 5.69 Å². The molecule has 1 aliphatic carbocycles. The van der Waals surface area contributed by atoms with E-state index in [0.29, 0.717) is 5.82 Å². The van der Waals surface area contributed by atoms with Crippen molar-refractivity contribution in [3.8, 4) is 5.69 Å². The maximum Gasteiger partial charge on any atom is 0.348 e. The Hall–Kier alpha value is -1.95. The van der Waals surface area contributed by atoms with Crippen LogP contribution in [-0.2, 0) is 5.54 Å². The van der Waals surface area contributed by atoms with E-state index in [1.807, 2.05) is 0 Å². The Labute approximate surface area is 115 Å². The number of aromatic amines is 1. The van der Waals surface area contributed by atoms with Gasteiger partial charge in [0.25, 0.3) is 0 Å². The van der Waals surface area contributed by atoms with Crippen molar-refractivity contribution in [1.29, 1.82) is 0 Å². The first-order chi connectivity index (χ1) is 9.62.